The third-order valence-electron chi connectivity index (χ3n) is 2.37. The van der Waals surface area contributed by atoms with E-state index in [1.165, 1.54) is 12.1 Å². The van der Waals surface area contributed by atoms with Gasteiger partial charge in [0.05, 0.1) is 0 Å². The Morgan fingerprint density at radius 1 is 1.56 bits per heavy atom. The van der Waals surface area contributed by atoms with Gasteiger partial charge in [0.15, 0.2) is 0 Å². The highest BCUT2D eigenvalue weighted by molar-refractivity contribution is 7.99. The first-order chi connectivity index (χ1) is 7.54. The standard InChI is InChI=1S/C12H16FNOS/c1-8-6-10(4-5-11(8)13)12(15)14-7-9(2)16-3/h4-6,9H,7H2,1-3H3,(H,14,15). The fourth-order valence-corrected chi connectivity index (χ4v) is 1.46. The molecule has 1 aromatic rings. The van der Waals surface area contributed by atoms with E-state index in [1.54, 1.807) is 24.8 Å². The molecule has 1 unspecified atom stereocenters. The predicted octanol–water partition coefficient (Wildman–Crippen LogP) is 2.62. The Balaban J connectivity index is 2.63. The molecule has 0 radical (unpaired) electrons. The number of carbonyl (C=O) groups excluding carboxylic acids is 1. The van der Waals surface area contributed by atoms with Gasteiger partial charge in [0.1, 0.15) is 5.82 Å². The number of hydrogen-bond acceptors (Lipinski definition) is 2. The first-order valence-corrected chi connectivity index (χ1v) is 6.40. The molecule has 0 aliphatic carbocycles. The smallest absolute Gasteiger partial charge is 0.251 e. The van der Waals surface area contributed by atoms with Crippen LogP contribution < -0.4 is 5.32 Å². The zero-order chi connectivity index (χ0) is 12.1. The number of benzene rings is 1. The summed E-state index contributed by atoms with van der Waals surface area (Å²) in [6, 6.07) is 4.39. The number of hydrogen-bond donors (Lipinski definition) is 1. The van der Waals surface area contributed by atoms with Crippen LogP contribution in [0, 0.1) is 12.7 Å². The maximum atomic E-state index is 13.0. The second kappa shape index (κ2) is 5.89. The number of halogens is 1. The van der Waals surface area contributed by atoms with Gasteiger partial charge in [-0.1, -0.05) is 6.92 Å². The number of carbonyl (C=O) groups is 1. The van der Waals surface area contributed by atoms with Gasteiger partial charge in [-0.05, 0) is 36.9 Å². The quantitative estimate of drug-likeness (QED) is 0.878. The third-order valence-corrected chi connectivity index (χ3v) is 3.34. The molecule has 0 spiro atoms. The van der Waals surface area contributed by atoms with Crippen LogP contribution in [0.5, 0.6) is 0 Å². The molecule has 16 heavy (non-hydrogen) atoms. The first kappa shape index (κ1) is 13.0. The first-order valence-electron chi connectivity index (χ1n) is 5.11. The minimum atomic E-state index is -0.283. The van der Waals surface area contributed by atoms with Crippen molar-refractivity contribution in [1.82, 2.24) is 5.32 Å². The van der Waals surface area contributed by atoms with E-state index in [0.717, 1.165) is 0 Å². The van der Waals surface area contributed by atoms with E-state index in [0.29, 0.717) is 22.9 Å². The molecule has 1 N–H and O–H groups in total. The van der Waals surface area contributed by atoms with Crippen molar-refractivity contribution in [2.45, 2.75) is 19.1 Å². The summed E-state index contributed by atoms with van der Waals surface area (Å²) in [5, 5.41) is 3.19. The van der Waals surface area contributed by atoms with Gasteiger partial charge < -0.3 is 5.32 Å². The lowest BCUT2D eigenvalue weighted by atomic mass is 10.1. The fourth-order valence-electron chi connectivity index (χ4n) is 1.21. The molecule has 0 bridgehead atoms. The van der Waals surface area contributed by atoms with Gasteiger partial charge >= 0.3 is 0 Å². The summed E-state index contributed by atoms with van der Waals surface area (Å²) in [5.41, 5.74) is 0.998. The van der Waals surface area contributed by atoms with Crippen LogP contribution in [-0.2, 0) is 0 Å². The topological polar surface area (TPSA) is 29.1 Å². The predicted molar refractivity (Wildman–Crippen MR) is 66.4 cm³/mol. The molecule has 0 fully saturated rings. The SMILES string of the molecule is CSC(C)CNC(=O)c1ccc(F)c(C)c1. The Labute approximate surface area is 99.6 Å². The highest BCUT2D eigenvalue weighted by Gasteiger charge is 2.08. The lowest BCUT2D eigenvalue weighted by Crippen LogP contribution is -2.29. The third kappa shape index (κ3) is 3.52. The largest absolute Gasteiger partial charge is 0.351 e. The van der Waals surface area contributed by atoms with Crippen molar-refractivity contribution in [2.75, 3.05) is 12.8 Å². The van der Waals surface area contributed by atoms with Gasteiger partial charge in [0.2, 0.25) is 0 Å². The Kier molecular flexibility index (Phi) is 4.80. The molecule has 88 valence electrons. The van der Waals surface area contributed by atoms with Gasteiger partial charge in [-0.25, -0.2) is 4.39 Å². The van der Waals surface area contributed by atoms with Crippen molar-refractivity contribution in [3.8, 4) is 0 Å². The van der Waals surface area contributed by atoms with Crippen molar-refractivity contribution in [2.24, 2.45) is 0 Å². The lowest BCUT2D eigenvalue weighted by molar-refractivity contribution is 0.0954. The van der Waals surface area contributed by atoms with Crippen LogP contribution in [0.15, 0.2) is 18.2 Å². The second-order valence-corrected chi connectivity index (χ2v) is 5.00. The van der Waals surface area contributed by atoms with Crippen molar-refractivity contribution in [3.63, 3.8) is 0 Å². The van der Waals surface area contributed by atoms with E-state index in [-0.39, 0.29) is 11.7 Å². The normalized spacial score (nSPS) is 12.2. The molecule has 1 amide bonds. The molecule has 2 nitrogen and oxygen atoms in total. The molecular weight excluding hydrogens is 225 g/mol. The molecule has 0 aliphatic rings. The molecular formula is C12H16FNOS. The Bertz CT molecular complexity index is 381. The van der Waals surface area contributed by atoms with Crippen LogP contribution in [0.25, 0.3) is 0 Å². The minimum Gasteiger partial charge on any atom is -0.351 e. The van der Waals surface area contributed by atoms with Gasteiger partial charge in [-0.2, -0.15) is 11.8 Å². The highest BCUT2D eigenvalue weighted by atomic mass is 32.2. The molecule has 4 heteroatoms. The molecule has 0 saturated heterocycles. The maximum absolute atomic E-state index is 13.0. The summed E-state index contributed by atoms with van der Waals surface area (Å²) >= 11 is 1.69. The van der Waals surface area contributed by atoms with E-state index in [4.69, 9.17) is 0 Å². The number of rotatable bonds is 4. The number of aryl methyl sites for hydroxylation is 1. The Morgan fingerprint density at radius 3 is 2.81 bits per heavy atom. The van der Waals surface area contributed by atoms with Crippen molar-refractivity contribution >= 4 is 17.7 Å². The van der Waals surface area contributed by atoms with E-state index in [2.05, 4.69) is 5.32 Å². The van der Waals surface area contributed by atoms with Gasteiger partial charge in [-0.3, -0.25) is 4.79 Å². The summed E-state index contributed by atoms with van der Waals surface area (Å²) in [4.78, 5) is 11.7. The molecule has 1 aromatic carbocycles. The Morgan fingerprint density at radius 2 is 2.25 bits per heavy atom. The summed E-state index contributed by atoms with van der Waals surface area (Å²) in [7, 11) is 0. The fraction of sp³-hybridized carbons (Fsp3) is 0.417. The number of nitrogens with one attached hydrogen (secondary N) is 1. The highest BCUT2D eigenvalue weighted by Crippen LogP contribution is 2.09. The molecule has 0 aliphatic heterocycles. The molecule has 0 saturated carbocycles. The van der Waals surface area contributed by atoms with E-state index >= 15 is 0 Å². The van der Waals surface area contributed by atoms with Crippen molar-refractivity contribution in [3.05, 3.63) is 35.1 Å². The van der Waals surface area contributed by atoms with Crippen molar-refractivity contribution < 1.29 is 9.18 Å². The zero-order valence-electron chi connectivity index (χ0n) is 9.71. The number of amides is 1. The van der Waals surface area contributed by atoms with Gasteiger partial charge in [0.25, 0.3) is 5.91 Å². The van der Waals surface area contributed by atoms with E-state index in [1.807, 2.05) is 13.2 Å². The monoisotopic (exact) mass is 241 g/mol. The van der Waals surface area contributed by atoms with Crippen LogP contribution in [0.2, 0.25) is 0 Å². The summed E-state index contributed by atoms with van der Waals surface area (Å²) in [6.45, 7) is 4.31. The molecule has 0 heterocycles. The molecule has 0 aromatic heterocycles. The minimum absolute atomic E-state index is 0.149. The molecule has 1 atom stereocenters. The Hall–Kier alpha value is -1.03. The van der Waals surface area contributed by atoms with Gasteiger partial charge in [-0.15, -0.1) is 0 Å². The second-order valence-electron chi connectivity index (χ2n) is 3.72. The van der Waals surface area contributed by atoms with Crippen LogP contribution in [0.3, 0.4) is 0 Å². The van der Waals surface area contributed by atoms with Crippen molar-refractivity contribution in [1.29, 1.82) is 0 Å². The lowest BCUT2D eigenvalue weighted by Gasteiger charge is -2.10. The zero-order valence-corrected chi connectivity index (χ0v) is 10.5. The van der Waals surface area contributed by atoms with E-state index in [9.17, 15) is 9.18 Å². The summed E-state index contributed by atoms with van der Waals surface area (Å²) in [5.74, 6) is -0.432. The summed E-state index contributed by atoms with van der Waals surface area (Å²) in [6.07, 6.45) is 2.00. The average molecular weight is 241 g/mol. The van der Waals surface area contributed by atoms with Crippen LogP contribution >= 0.6 is 11.8 Å². The molecule has 1 rings (SSSR count). The van der Waals surface area contributed by atoms with Gasteiger partial charge in [0, 0.05) is 17.4 Å². The van der Waals surface area contributed by atoms with E-state index < -0.39 is 0 Å². The maximum Gasteiger partial charge on any atom is 0.251 e. The van der Waals surface area contributed by atoms with Crippen LogP contribution in [-0.4, -0.2) is 24.0 Å². The summed E-state index contributed by atoms with van der Waals surface area (Å²) < 4.78 is 13.0. The average Bonchev–Trinajstić information content (AvgIpc) is 2.29. The van der Waals surface area contributed by atoms with Crippen LogP contribution in [0.1, 0.15) is 22.8 Å². The van der Waals surface area contributed by atoms with Crippen LogP contribution in [0.4, 0.5) is 4.39 Å². The number of thioether (sulfide) groups is 1.